The number of halogens is 2. The van der Waals surface area contributed by atoms with Crippen LogP contribution < -0.4 is 10.1 Å². The van der Waals surface area contributed by atoms with E-state index >= 15 is 0 Å². The third-order valence-electron chi connectivity index (χ3n) is 3.00. The average molecular weight is 310 g/mol. The normalized spacial score (nSPS) is 12.2. The standard InChI is InChI=1S/C16H17Cl2NO/c1-12(13-5-3-2-4-6-13)19-9-10-20-16-8-7-14(17)11-15(16)18/h2-8,11-12,19H,9-10H2,1H3. The van der Waals surface area contributed by atoms with E-state index in [0.717, 1.165) is 6.54 Å². The van der Waals surface area contributed by atoms with Crippen molar-refractivity contribution in [3.05, 3.63) is 64.1 Å². The SMILES string of the molecule is CC(NCCOc1ccc(Cl)cc1Cl)c1ccccc1. The van der Waals surface area contributed by atoms with Crippen LogP contribution in [0.4, 0.5) is 0 Å². The van der Waals surface area contributed by atoms with E-state index in [2.05, 4.69) is 24.4 Å². The molecule has 0 spiro atoms. The fourth-order valence-electron chi connectivity index (χ4n) is 1.89. The molecule has 2 aromatic rings. The molecule has 1 N–H and O–H groups in total. The number of ether oxygens (including phenoxy) is 1. The summed E-state index contributed by atoms with van der Waals surface area (Å²) in [6, 6.07) is 15.8. The molecule has 4 heteroatoms. The molecule has 2 aromatic carbocycles. The van der Waals surface area contributed by atoms with Crippen LogP contribution >= 0.6 is 23.2 Å². The molecule has 0 heterocycles. The third-order valence-corrected chi connectivity index (χ3v) is 3.53. The molecule has 0 aromatic heterocycles. The Bertz CT molecular complexity index is 545. The van der Waals surface area contributed by atoms with Gasteiger partial charge in [-0.05, 0) is 30.7 Å². The first kappa shape index (κ1) is 15.2. The molecule has 0 aliphatic heterocycles. The Morgan fingerprint density at radius 2 is 1.85 bits per heavy atom. The summed E-state index contributed by atoms with van der Waals surface area (Å²) in [7, 11) is 0. The fraction of sp³-hybridized carbons (Fsp3) is 0.250. The topological polar surface area (TPSA) is 21.3 Å². The second-order valence-electron chi connectivity index (χ2n) is 4.51. The van der Waals surface area contributed by atoms with Gasteiger partial charge in [-0.2, -0.15) is 0 Å². The Labute approximate surface area is 129 Å². The van der Waals surface area contributed by atoms with Gasteiger partial charge in [0.25, 0.3) is 0 Å². The van der Waals surface area contributed by atoms with Crippen LogP contribution in [0.2, 0.25) is 10.0 Å². The van der Waals surface area contributed by atoms with Gasteiger partial charge in [0.2, 0.25) is 0 Å². The molecular formula is C16H17Cl2NO. The van der Waals surface area contributed by atoms with Crippen LogP contribution in [0.15, 0.2) is 48.5 Å². The second-order valence-corrected chi connectivity index (χ2v) is 5.35. The van der Waals surface area contributed by atoms with Crippen LogP contribution in [0.25, 0.3) is 0 Å². The summed E-state index contributed by atoms with van der Waals surface area (Å²) in [5.41, 5.74) is 1.26. The molecule has 106 valence electrons. The van der Waals surface area contributed by atoms with Gasteiger partial charge in [-0.15, -0.1) is 0 Å². The number of hydrogen-bond acceptors (Lipinski definition) is 2. The molecule has 20 heavy (non-hydrogen) atoms. The lowest BCUT2D eigenvalue weighted by molar-refractivity contribution is 0.308. The van der Waals surface area contributed by atoms with Crippen molar-refractivity contribution in [2.75, 3.05) is 13.2 Å². The van der Waals surface area contributed by atoms with Crippen LogP contribution in [0.5, 0.6) is 5.75 Å². The predicted octanol–water partition coefficient (Wildman–Crippen LogP) is 4.72. The summed E-state index contributed by atoms with van der Waals surface area (Å²) in [4.78, 5) is 0. The van der Waals surface area contributed by atoms with Crippen LogP contribution in [0, 0.1) is 0 Å². The van der Waals surface area contributed by atoms with E-state index in [1.807, 2.05) is 18.2 Å². The Morgan fingerprint density at radius 3 is 2.55 bits per heavy atom. The van der Waals surface area contributed by atoms with Crippen molar-refractivity contribution in [3.63, 3.8) is 0 Å². The molecule has 2 rings (SSSR count). The van der Waals surface area contributed by atoms with Crippen molar-refractivity contribution in [1.29, 1.82) is 0 Å². The smallest absolute Gasteiger partial charge is 0.138 e. The molecule has 0 radical (unpaired) electrons. The molecule has 1 unspecified atom stereocenters. The lowest BCUT2D eigenvalue weighted by Gasteiger charge is -2.15. The van der Waals surface area contributed by atoms with Crippen molar-refractivity contribution in [3.8, 4) is 5.75 Å². The van der Waals surface area contributed by atoms with Gasteiger partial charge in [0, 0.05) is 17.6 Å². The molecule has 0 saturated heterocycles. The highest BCUT2D eigenvalue weighted by Gasteiger charge is 2.05. The van der Waals surface area contributed by atoms with Crippen molar-refractivity contribution in [2.24, 2.45) is 0 Å². The lowest BCUT2D eigenvalue weighted by atomic mass is 10.1. The number of benzene rings is 2. The molecule has 0 amide bonds. The van der Waals surface area contributed by atoms with Crippen LogP contribution in [-0.4, -0.2) is 13.2 Å². The van der Waals surface area contributed by atoms with E-state index in [1.165, 1.54) is 5.56 Å². The van der Waals surface area contributed by atoms with Gasteiger partial charge >= 0.3 is 0 Å². The minimum Gasteiger partial charge on any atom is -0.491 e. The molecule has 1 atom stereocenters. The fourth-order valence-corrected chi connectivity index (χ4v) is 2.35. The van der Waals surface area contributed by atoms with Gasteiger partial charge in [-0.3, -0.25) is 0 Å². The third kappa shape index (κ3) is 4.41. The predicted molar refractivity (Wildman–Crippen MR) is 84.8 cm³/mol. The van der Waals surface area contributed by atoms with Crippen molar-refractivity contribution < 1.29 is 4.74 Å². The van der Waals surface area contributed by atoms with E-state index in [4.69, 9.17) is 27.9 Å². The number of nitrogens with one attached hydrogen (secondary N) is 1. The van der Waals surface area contributed by atoms with Gasteiger partial charge in [-0.1, -0.05) is 53.5 Å². The largest absolute Gasteiger partial charge is 0.491 e. The lowest BCUT2D eigenvalue weighted by Crippen LogP contribution is -2.24. The maximum absolute atomic E-state index is 6.04. The minimum atomic E-state index is 0.292. The Hall–Kier alpha value is -1.22. The van der Waals surface area contributed by atoms with Gasteiger partial charge in [-0.25, -0.2) is 0 Å². The summed E-state index contributed by atoms with van der Waals surface area (Å²) in [6.07, 6.45) is 0. The molecule has 0 fully saturated rings. The average Bonchev–Trinajstić information content (AvgIpc) is 2.46. The van der Waals surface area contributed by atoms with Crippen molar-refractivity contribution >= 4 is 23.2 Å². The summed E-state index contributed by atoms with van der Waals surface area (Å²) < 4.78 is 5.62. The zero-order chi connectivity index (χ0) is 14.4. The van der Waals surface area contributed by atoms with E-state index in [1.54, 1.807) is 18.2 Å². The highest BCUT2D eigenvalue weighted by atomic mass is 35.5. The molecule has 2 nitrogen and oxygen atoms in total. The monoisotopic (exact) mass is 309 g/mol. The van der Waals surface area contributed by atoms with Gasteiger partial charge in [0.15, 0.2) is 0 Å². The first-order valence-electron chi connectivity index (χ1n) is 6.53. The van der Waals surface area contributed by atoms with Crippen molar-refractivity contribution in [2.45, 2.75) is 13.0 Å². The van der Waals surface area contributed by atoms with E-state index in [-0.39, 0.29) is 0 Å². The number of hydrogen-bond donors (Lipinski definition) is 1. The van der Waals surface area contributed by atoms with Crippen LogP contribution in [-0.2, 0) is 0 Å². The summed E-state index contributed by atoms with van der Waals surface area (Å²) in [5.74, 6) is 0.658. The Kier molecular flexibility index (Phi) is 5.72. The maximum atomic E-state index is 6.04. The number of rotatable bonds is 6. The van der Waals surface area contributed by atoms with E-state index < -0.39 is 0 Å². The van der Waals surface area contributed by atoms with E-state index in [9.17, 15) is 0 Å². The summed E-state index contributed by atoms with van der Waals surface area (Å²) >= 11 is 11.9. The summed E-state index contributed by atoms with van der Waals surface area (Å²) in [6.45, 7) is 3.43. The molecule has 0 saturated carbocycles. The minimum absolute atomic E-state index is 0.292. The highest BCUT2D eigenvalue weighted by Crippen LogP contribution is 2.27. The zero-order valence-electron chi connectivity index (χ0n) is 11.3. The first-order chi connectivity index (χ1) is 9.66. The van der Waals surface area contributed by atoms with E-state index in [0.29, 0.717) is 28.4 Å². The molecular weight excluding hydrogens is 293 g/mol. The summed E-state index contributed by atoms with van der Waals surface area (Å²) in [5, 5.41) is 4.55. The van der Waals surface area contributed by atoms with Crippen molar-refractivity contribution in [1.82, 2.24) is 5.32 Å². The van der Waals surface area contributed by atoms with Gasteiger partial charge in [0.1, 0.15) is 12.4 Å². The first-order valence-corrected chi connectivity index (χ1v) is 7.28. The van der Waals surface area contributed by atoms with Gasteiger partial charge < -0.3 is 10.1 Å². The van der Waals surface area contributed by atoms with Crippen LogP contribution in [0.1, 0.15) is 18.5 Å². The molecule has 0 aliphatic rings. The van der Waals surface area contributed by atoms with Crippen LogP contribution in [0.3, 0.4) is 0 Å². The maximum Gasteiger partial charge on any atom is 0.138 e. The Balaban J connectivity index is 1.76. The quantitative estimate of drug-likeness (QED) is 0.779. The molecule has 0 aliphatic carbocycles. The molecule has 0 bridgehead atoms. The van der Waals surface area contributed by atoms with Gasteiger partial charge in [0.05, 0.1) is 5.02 Å². The second kappa shape index (κ2) is 7.53. The Morgan fingerprint density at radius 1 is 1.10 bits per heavy atom. The zero-order valence-corrected chi connectivity index (χ0v) is 12.8. The highest BCUT2D eigenvalue weighted by molar-refractivity contribution is 6.35.